The van der Waals surface area contributed by atoms with Crippen molar-refractivity contribution >= 4 is 75.4 Å². The second kappa shape index (κ2) is 8.83. The van der Waals surface area contributed by atoms with E-state index in [1.165, 1.54) is 18.2 Å². The van der Waals surface area contributed by atoms with Crippen molar-refractivity contribution in [3.63, 3.8) is 0 Å². The monoisotopic (exact) mass is 553 g/mol. The lowest BCUT2D eigenvalue weighted by atomic mass is 9.77. The molecule has 2 atom stereocenters. The van der Waals surface area contributed by atoms with Gasteiger partial charge in [0.25, 0.3) is 0 Å². The van der Waals surface area contributed by atoms with Gasteiger partial charge < -0.3 is 5.32 Å². The third-order valence-corrected chi connectivity index (χ3v) is 8.24. The van der Waals surface area contributed by atoms with Crippen LogP contribution in [0.1, 0.15) is 46.7 Å². The van der Waals surface area contributed by atoms with E-state index in [-0.39, 0.29) is 41.5 Å². The van der Waals surface area contributed by atoms with E-state index in [2.05, 4.69) is 5.32 Å². The van der Waals surface area contributed by atoms with Crippen molar-refractivity contribution in [1.29, 1.82) is 0 Å². The smallest absolute Gasteiger partial charge is 0.248 e. The second-order valence-corrected chi connectivity index (χ2v) is 11.3. The SMILES string of the molecule is Cc1c(Cl)cc(C2C(C(=O)Nc3ccc(Cl)c(C(=O)CC4CC(F)(F)C4)c3)C2(Cl)Cl)cc1Cl. The number of nitrogens with one attached hydrogen (secondary N) is 1. The molecule has 2 aliphatic rings. The summed E-state index contributed by atoms with van der Waals surface area (Å²) in [5.74, 6) is -5.18. The van der Waals surface area contributed by atoms with Gasteiger partial charge in [0.15, 0.2) is 5.78 Å². The van der Waals surface area contributed by atoms with Crippen LogP contribution in [0.2, 0.25) is 15.1 Å². The molecule has 0 aliphatic heterocycles. The molecule has 176 valence electrons. The highest BCUT2D eigenvalue weighted by Gasteiger charge is 2.67. The van der Waals surface area contributed by atoms with Gasteiger partial charge in [-0.2, -0.15) is 0 Å². The van der Waals surface area contributed by atoms with Crippen LogP contribution in [0.15, 0.2) is 30.3 Å². The van der Waals surface area contributed by atoms with Crippen LogP contribution in [0.5, 0.6) is 0 Å². The van der Waals surface area contributed by atoms with Crippen LogP contribution in [0.3, 0.4) is 0 Å². The van der Waals surface area contributed by atoms with E-state index >= 15 is 0 Å². The minimum absolute atomic E-state index is 0.0289. The number of halogens is 7. The third-order valence-electron chi connectivity index (χ3n) is 6.18. The molecule has 4 rings (SSSR count). The van der Waals surface area contributed by atoms with Crippen LogP contribution in [0, 0.1) is 18.8 Å². The summed E-state index contributed by atoms with van der Waals surface area (Å²) < 4.78 is 24.8. The molecule has 2 aromatic rings. The minimum Gasteiger partial charge on any atom is -0.326 e. The van der Waals surface area contributed by atoms with E-state index < -0.39 is 28.0 Å². The zero-order valence-electron chi connectivity index (χ0n) is 17.2. The van der Waals surface area contributed by atoms with Gasteiger partial charge in [-0.05, 0) is 54.3 Å². The maximum atomic E-state index is 13.1. The first kappa shape index (κ1) is 25.0. The van der Waals surface area contributed by atoms with E-state index in [0.717, 1.165) is 0 Å². The van der Waals surface area contributed by atoms with E-state index in [0.29, 0.717) is 26.9 Å². The van der Waals surface area contributed by atoms with Gasteiger partial charge in [-0.3, -0.25) is 9.59 Å². The average molecular weight is 556 g/mol. The highest BCUT2D eigenvalue weighted by atomic mass is 35.5. The highest BCUT2D eigenvalue weighted by molar-refractivity contribution is 6.53. The molecule has 1 N–H and O–H groups in total. The number of hydrogen-bond donors (Lipinski definition) is 1. The van der Waals surface area contributed by atoms with Crippen molar-refractivity contribution in [2.24, 2.45) is 11.8 Å². The topological polar surface area (TPSA) is 46.2 Å². The van der Waals surface area contributed by atoms with Gasteiger partial charge in [0.2, 0.25) is 11.8 Å². The van der Waals surface area contributed by atoms with Gasteiger partial charge in [0.05, 0.1) is 10.9 Å². The normalized spacial score (nSPS) is 23.0. The number of rotatable bonds is 6. The van der Waals surface area contributed by atoms with Crippen LogP contribution in [-0.2, 0) is 4.79 Å². The van der Waals surface area contributed by atoms with Crippen LogP contribution in [0.25, 0.3) is 0 Å². The van der Waals surface area contributed by atoms with Crippen LogP contribution >= 0.6 is 58.0 Å². The zero-order valence-corrected chi connectivity index (χ0v) is 21.0. The van der Waals surface area contributed by atoms with E-state index in [1.54, 1.807) is 19.1 Å². The van der Waals surface area contributed by atoms with Crippen molar-refractivity contribution in [3.8, 4) is 0 Å². The molecule has 2 aliphatic carbocycles. The molecule has 2 unspecified atom stereocenters. The first-order chi connectivity index (χ1) is 15.3. The number of Topliss-reactive ketones (excluding diaryl/α,β-unsaturated/α-hetero) is 1. The Morgan fingerprint density at radius 1 is 1.03 bits per heavy atom. The number of amides is 1. The molecule has 0 spiro atoms. The summed E-state index contributed by atoms with van der Waals surface area (Å²) in [5, 5.41) is 3.78. The molecule has 3 nitrogen and oxygen atoms in total. The number of alkyl halides is 4. The molecule has 1 amide bonds. The number of ketones is 1. The zero-order chi connectivity index (χ0) is 24.3. The van der Waals surface area contributed by atoms with Gasteiger partial charge >= 0.3 is 0 Å². The van der Waals surface area contributed by atoms with Gasteiger partial charge in [0, 0.05) is 46.5 Å². The molecular formula is C23H18Cl5F2NO2. The number of anilines is 1. The lowest BCUT2D eigenvalue weighted by Gasteiger charge is -2.34. The molecule has 2 fully saturated rings. The number of carbonyl (C=O) groups is 2. The molecule has 33 heavy (non-hydrogen) atoms. The Balaban J connectivity index is 1.47. The molecule has 0 aromatic heterocycles. The summed E-state index contributed by atoms with van der Waals surface area (Å²) in [7, 11) is 0. The van der Waals surface area contributed by atoms with Crippen LogP contribution in [-0.4, -0.2) is 21.9 Å². The van der Waals surface area contributed by atoms with Crippen molar-refractivity contribution in [3.05, 3.63) is 62.1 Å². The Labute approximate surface area is 214 Å². The van der Waals surface area contributed by atoms with E-state index in [1.807, 2.05) is 0 Å². The molecule has 10 heteroatoms. The predicted octanol–water partition coefficient (Wildman–Crippen LogP) is 8.10. The van der Waals surface area contributed by atoms with Gasteiger partial charge in [-0.15, -0.1) is 23.2 Å². The molecule has 2 aromatic carbocycles. The fourth-order valence-corrected chi connectivity index (χ4v) is 5.81. The number of benzene rings is 2. The molecule has 2 saturated carbocycles. The molecule has 0 bridgehead atoms. The Kier molecular flexibility index (Phi) is 6.69. The average Bonchev–Trinajstić information content (AvgIpc) is 3.27. The van der Waals surface area contributed by atoms with Crippen molar-refractivity contribution in [1.82, 2.24) is 0 Å². The largest absolute Gasteiger partial charge is 0.326 e. The first-order valence-electron chi connectivity index (χ1n) is 10.1. The van der Waals surface area contributed by atoms with Crippen molar-refractivity contribution in [2.45, 2.75) is 42.4 Å². The number of carbonyl (C=O) groups excluding carboxylic acids is 2. The lowest BCUT2D eigenvalue weighted by Crippen LogP contribution is -2.36. The van der Waals surface area contributed by atoms with Crippen molar-refractivity contribution < 1.29 is 18.4 Å². The maximum Gasteiger partial charge on any atom is 0.248 e. The quantitative estimate of drug-likeness (QED) is 0.289. The standard InChI is InChI=1S/C23H18Cl5F2NO2/c1-10-16(25)5-12(6-17(10)26)19-20(23(19,27)28)21(33)31-13-2-3-15(24)14(7-13)18(32)4-11-8-22(29,30)9-11/h2-3,5-7,11,19-20H,4,8-9H2,1H3,(H,31,33). The van der Waals surface area contributed by atoms with Gasteiger partial charge in [0.1, 0.15) is 4.33 Å². The molecular weight excluding hydrogens is 538 g/mol. The summed E-state index contributed by atoms with van der Waals surface area (Å²) in [6.07, 6.45) is -0.647. The molecule has 0 heterocycles. The van der Waals surface area contributed by atoms with Crippen LogP contribution < -0.4 is 5.32 Å². The van der Waals surface area contributed by atoms with Crippen molar-refractivity contribution in [2.75, 3.05) is 5.32 Å². The summed E-state index contributed by atoms with van der Waals surface area (Å²) in [5.41, 5.74) is 1.84. The fourth-order valence-electron chi connectivity index (χ4n) is 4.25. The minimum atomic E-state index is -2.70. The third kappa shape index (κ3) is 4.99. The van der Waals surface area contributed by atoms with Crippen LogP contribution in [0.4, 0.5) is 14.5 Å². The predicted molar refractivity (Wildman–Crippen MR) is 129 cm³/mol. The fraction of sp³-hybridized carbons (Fsp3) is 0.391. The Hall–Kier alpha value is -1.11. The summed E-state index contributed by atoms with van der Waals surface area (Å²) >= 11 is 31.4. The Morgan fingerprint density at radius 3 is 2.21 bits per heavy atom. The maximum absolute atomic E-state index is 13.1. The van der Waals surface area contributed by atoms with E-state index in [4.69, 9.17) is 58.0 Å². The first-order valence-corrected chi connectivity index (χ1v) is 12.0. The highest BCUT2D eigenvalue weighted by Crippen LogP contribution is 2.65. The Morgan fingerprint density at radius 2 is 1.64 bits per heavy atom. The number of hydrogen-bond acceptors (Lipinski definition) is 2. The second-order valence-electron chi connectivity index (χ2n) is 8.68. The molecule has 0 saturated heterocycles. The Bertz CT molecular complexity index is 1120. The molecule has 0 radical (unpaired) electrons. The van der Waals surface area contributed by atoms with Gasteiger partial charge in [-0.25, -0.2) is 8.78 Å². The summed E-state index contributed by atoms with van der Waals surface area (Å²) in [6.45, 7) is 1.77. The van der Waals surface area contributed by atoms with Gasteiger partial charge in [-0.1, -0.05) is 34.8 Å². The summed E-state index contributed by atoms with van der Waals surface area (Å²) in [4.78, 5) is 25.5. The summed E-state index contributed by atoms with van der Waals surface area (Å²) in [6, 6.07) is 7.81. The van der Waals surface area contributed by atoms with E-state index in [9.17, 15) is 18.4 Å². The lowest BCUT2D eigenvalue weighted by molar-refractivity contribution is -0.117.